The number of piperidine rings is 1. The van der Waals surface area contributed by atoms with Crippen LogP contribution in [0.15, 0.2) is 42.5 Å². The molecule has 7 heteroatoms. The van der Waals surface area contributed by atoms with Crippen LogP contribution in [0.5, 0.6) is 23.0 Å². The summed E-state index contributed by atoms with van der Waals surface area (Å²) in [6.07, 6.45) is 2.44. The molecule has 1 heterocycles. The van der Waals surface area contributed by atoms with Gasteiger partial charge in [0.15, 0.2) is 23.0 Å². The number of methoxy groups -OCH3 is 2. The SMILES string of the molecule is CNC(Cc1ccc(OCCN2CCC(C)CC2)c(OC)c1)C(O)COc1ccccc1OC. The molecule has 0 aliphatic carbocycles. The zero-order valence-corrected chi connectivity index (χ0v) is 21.0. The van der Waals surface area contributed by atoms with Gasteiger partial charge in [-0.2, -0.15) is 0 Å². The number of likely N-dealkylation sites (tertiary alicyclic amines) is 1. The highest BCUT2D eigenvalue weighted by Gasteiger charge is 2.21. The van der Waals surface area contributed by atoms with E-state index in [2.05, 4.69) is 17.1 Å². The van der Waals surface area contributed by atoms with Crippen LogP contribution in [0.3, 0.4) is 0 Å². The van der Waals surface area contributed by atoms with Gasteiger partial charge in [-0.1, -0.05) is 25.1 Å². The standard InChI is InChI=1S/C27H40N2O5/c1-20-11-13-29(14-12-20)15-16-33-26-10-9-21(18-27(26)32-4)17-22(28-2)23(30)19-34-25-8-6-5-7-24(25)31-3/h5-10,18,20,22-23,28,30H,11-17,19H2,1-4H3. The van der Waals surface area contributed by atoms with Crippen LogP contribution in [0, 0.1) is 5.92 Å². The molecule has 0 radical (unpaired) electrons. The molecule has 2 unspecified atom stereocenters. The molecule has 1 aliphatic rings. The zero-order chi connectivity index (χ0) is 24.3. The van der Waals surface area contributed by atoms with Gasteiger partial charge in [0.1, 0.15) is 19.3 Å². The van der Waals surface area contributed by atoms with Crippen molar-refractivity contribution in [1.82, 2.24) is 10.2 Å². The summed E-state index contributed by atoms with van der Waals surface area (Å²) in [7, 11) is 5.10. The summed E-state index contributed by atoms with van der Waals surface area (Å²) in [6.45, 7) is 6.34. The molecule has 0 amide bonds. The van der Waals surface area contributed by atoms with Gasteiger partial charge in [0.05, 0.1) is 14.2 Å². The molecule has 0 bridgehead atoms. The Balaban J connectivity index is 1.52. The molecule has 0 spiro atoms. The third-order valence-electron chi connectivity index (χ3n) is 6.54. The van der Waals surface area contributed by atoms with Crippen LogP contribution < -0.4 is 24.3 Å². The van der Waals surface area contributed by atoms with E-state index in [-0.39, 0.29) is 12.6 Å². The molecule has 1 saturated heterocycles. The van der Waals surface area contributed by atoms with Gasteiger partial charge in [-0.25, -0.2) is 0 Å². The summed E-state index contributed by atoms with van der Waals surface area (Å²) in [5.41, 5.74) is 1.05. The Morgan fingerprint density at radius 3 is 2.32 bits per heavy atom. The Labute approximate surface area is 204 Å². The fourth-order valence-electron chi connectivity index (χ4n) is 4.24. The van der Waals surface area contributed by atoms with Gasteiger partial charge < -0.3 is 29.4 Å². The van der Waals surface area contributed by atoms with Gasteiger partial charge in [0.25, 0.3) is 0 Å². The van der Waals surface area contributed by atoms with Crippen molar-refractivity contribution in [1.29, 1.82) is 0 Å². The smallest absolute Gasteiger partial charge is 0.161 e. The first kappa shape index (κ1) is 26.1. The summed E-state index contributed by atoms with van der Waals surface area (Å²) < 4.78 is 22.7. The molecule has 2 atom stereocenters. The topological polar surface area (TPSA) is 72.4 Å². The molecule has 1 fully saturated rings. The van der Waals surface area contributed by atoms with Crippen LogP contribution in [-0.4, -0.2) is 76.3 Å². The molecule has 3 rings (SSSR count). The number of nitrogens with one attached hydrogen (secondary N) is 1. The van der Waals surface area contributed by atoms with E-state index >= 15 is 0 Å². The summed E-state index contributed by atoms with van der Waals surface area (Å²) >= 11 is 0. The fraction of sp³-hybridized carbons (Fsp3) is 0.556. The number of likely N-dealkylation sites (N-methyl/N-ethyl adjacent to an activating group) is 1. The molecule has 2 N–H and O–H groups in total. The van der Waals surface area contributed by atoms with Crippen molar-refractivity contribution in [3.63, 3.8) is 0 Å². The number of nitrogens with zero attached hydrogens (tertiary/aromatic N) is 1. The van der Waals surface area contributed by atoms with Gasteiger partial charge in [-0.05, 0) is 75.1 Å². The van der Waals surface area contributed by atoms with Crippen LogP contribution in [0.1, 0.15) is 25.3 Å². The Kier molecular flexibility index (Phi) is 10.3. The summed E-state index contributed by atoms with van der Waals surface area (Å²) in [4.78, 5) is 2.47. The van der Waals surface area contributed by atoms with Crippen molar-refractivity contribution < 1.29 is 24.1 Å². The van der Waals surface area contributed by atoms with Gasteiger partial charge >= 0.3 is 0 Å². The van der Waals surface area contributed by atoms with Crippen molar-refractivity contribution in [3.8, 4) is 23.0 Å². The minimum atomic E-state index is -0.705. The van der Waals surface area contributed by atoms with Crippen LogP contribution in [0.25, 0.3) is 0 Å². The second-order valence-corrected chi connectivity index (χ2v) is 8.99. The summed E-state index contributed by atoms with van der Waals surface area (Å²) in [5.74, 6) is 3.54. The largest absolute Gasteiger partial charge is 0.493 e. The third-order valence-corrected chi connectivity index (χ3v) is 6.54. The van der Waals surface area contributed by atoms with E-state index in [1.54, 1.807) is 14.2 Å². The Hall–Kier alpha value is -2.48. The van der Waals surface area contributed by atoms with Crippen molar-refractivity contribution in [2.75, 3.05) is 54.1 Å². The normalized spacial score (nSPS) is 16.6. The molecule has 2 aromatic carbocycles. The maximum atomic E-state index is 10.7. The van der Waals surface area contributed by atoms with E-state index in [1.807, 2.05) is 49.5 Å². The fourth-order valence-corrected chi connectivity index (χ4v) is 4.24. The lowest BCUT2D eigenvalue weighted by atomic mass is 9.99. The van der Waals surface area contributed by atoms with Crippen LogP contribution in [0.4, 0.5) is 0 Å². The van der Waals surface area contributed by atoms with Gasteiger partial charge in [-0.15, -0.1) is 0 Å². The van der Waals surface area contributed by atoms with Gasteiger partial charge in [-0.3, -0.25) is 4.90 Å². The van der Waals surface area contributed by atoms with E-state index in [0.717, 1.165) is 36.9 Å². The van der Waals surface area contributed by atoms with Crippen LogP contribution >= 0.6 is 0 Å². The average Bonchev–Trinajstić information content (AvgIpc) is 2.87. The van der Waals surface area contributed by atoms with Crippen LogP contribution in [-0.2, 0) is 6.42 Å². The molecular weight excluding hydrogens is 432 g/mol. The summed E-state index contributed by atoms with van der Waals surface area (Å²) in [6, 6.07) is 13.2. The van der Waals surface area contributed by atoms with Crippen molar-refractivity contribution >= 4 is 0 Å². The molecule has 0 aromatic heterocycles. The van der Waals surface area contributed by atoms with Gasteiger partial charge in [0.2, 0.25) is 0 Å². The first-order valence-electron chi connectivity index (χ1n) is 12.2. The third kappa shape index (κ3) is 7.52. The maximum absolute atomic E-state index is 10.7. The van der Waals surface area contributed by atoms with E-state index < -0.39 is 6.10 Å². The zero-order valence-electron chi connectivity index (χ0n) is 21.0. The number of hydrogen-bond acceptors (Lipinski definition) is 7. The molecule has 34 heavy (non-hydrogen) atoms. The number of benzene rings is 2. The van der Waals surface area contributed by atoms with Crippen molar-refractivity contribution in [3.05, 3.63) is 48.0 Å². The molecule has 2 aromatic rings. The number of rotatable bonds is 13. The highest BCUT2D eigenvalue weighted by atomic mass is 16.5. The van der Waals surface area contributed by atoms with E-state index in [0.29, 0.717) is 30.3 Å². The monoisotopic (exact) mass is 472 g/mol. The number of para-hydroxylation sites is 2. The number of hydrogen-bond donors (Lipinski definition) is 2. The number of aliphatic hydroxyl groups is 1. The van der Waals surface area contributed by atoms with E-state index in [4.69, 9.17) is 18.9 Å². The highest BCUT2D eigenvalue weighted by molar-refractivity contribution is 5.43. The Bertz CT molecular complexity index is 870. The first-order chi connectivity index (χ1) is 16.5. The first-order valence-corrected chi connectivity index (χ1v) is 12.2. The maximum Gasteiger partial charge on any atom is 0.161 e. The molecular formula is C27H40N2O5. The lowest BCUT2D eigenvalue weighted by Crippen LogP contribution is -2.42. The number of ether oxygens (including phenoxy) is 4. The minimum absolute atomic E-state index is 0.152. The predicted octanol–water partition coefficient (Wildman–Crippen LogP) is 3.38. The van der Waals surface area contributed by atoms with E-state index in [9.17, 15) is 5.11 Å². The lowest BCUT2D eigenvalue weighted by molar-refractivity contribution is 0.0743. The van der Waals surface area contributed by atoms with Crippen molar-refractivity contribution in [2.45, 2.75) is 38.3 Å². The second-order valence-electron chi connectivity index (χ2n) is 8.99. The average molecular weight is 473 g/mol. The van der Waals surface area contributed by atoms with Crippen LogP contribution in [0.2, 0.25) is 0 Å². The quantitative estimate of drug-likeness (QED) is 0.463. The Morgan fingerprint density at radius 1 is 0.971 bits per heavy atom. The molecule has 7 nitrogen and oxygen atoms in total. The predicted molar refractivity (Wildman–Crippen MR) is 134 cm³/mol. The number of aliphatic hydroxyl groups excluding tert-OH is 1. The minimum Gasteiger partial charge on any atom is -0.493 e. The van der Waals surface area contributed by atoms with Gasteiger partial charge in [0, 0.05) is 12.6 Å². The summed E-state index contributed by atoms with van der Waals surface area (Å²) in [5, 5.41) is 13.9. The Morgan fingerprint density at radius 2 is 1.65 bits per heavy atom. The molecule has 1 aliphatic heterocycles. The second kappa shape index (κ2) is 13.4. The highest BCUT2D eigenvalue weighted by Crippen LogP contribution is 2.29. The lowest BCUT2D eigenvalue weighted by Gasteiger charge is -2.30. The molecule has 0 saturated carbocycles. The van der Waals surface area contributed by atoms with Crippen molar-refractivity contribution in [2.24, 2.45) is 5.92 Å². The molecule has 188 valence electrons. The van der Waals surface area contributed by atoms with E-state index in [1.165, 1.54) is 12.8 Å².